The zero-order valence-electron chi connectivity index (χ0n) is 8.04. The topological polar surface area (TPSA) is 9.23 Å². The van der Waals surface area contributed by atoms with Crippen LogP contribution in [0.15, 0.2) is 28.7 Å². The van der Waals surface area contributed by atoms with Gasteiger partial charge in [0.15, 0.2) is 0 Å². The molecule has 0 bridgehead atoms. The first kappa shape index (κ1) is 8.97. The van der Waals surface area contributed by atoms with Gasteiger partial charge in [-0.15, -0.1) is 11.3 Å². The molecule has 0 fully saturated rings. The van der Waals surface area contributed by atoms with Crippen molar-refractivity contribution in [1.82, 2.24) is 0 Å². The number of hydrogen-bond donors (Lipinski definition) is 0. The van der Waals surface area contributed by atoms with Gasteiger partial charge in [-0.2, -0.15) is 0 Å². The second-order valence-electron chi connectivity index (χ2n) is 3.58. The zero-order valence-corrected chi connectivity index (χ0v) is 8.86. The lowest BCUT2D eigenvalue weighted by molar-refractivity contribution is 0.0603. The highest BCUT2D eigenvalue weighted by Crippen LogP contribution is 2.33. The molecular weight excluding hydrogens is 180 g/mol. The monoisotopic (exact) mass is 194 g/mol. The number of ether oxygens (including phenoxy) is 1. The Bertz CT molecular complexity index is 311. The van der Waals surface area contributed by atoms with E-state index in [1.165, 1.54) is 16.0 Å². The van der Waals surface area contributed by atoms with Gasteiger partial charge in [0.1, 0.15) is 0 Å². The van der Waals surface area contributed by atoms with Crippen LogP contribution in [0, 0.1) is 0 Å². The number of thiophene rings is 1. The van der Waals surface area contributed by atoms with Crippen LogP contribution in [0.25, 0.3) is 0 Å². The fraction of sp³-hybridized carbons (Fsp3) is 0.455. The summed E-state index contributed by atoms with van der Waals surface area (Å²) in [4.78, 5) is 1.35. The van der Waals surface area contributed by atoms with E-state index in [2.05, 4.69) is 31.4 Å². The Hall–Kier alpha value is -0.600. The van der Waals surface area contributed by atoms with Crippen LogP contribution in [-0.4, -0.2) is 6.61 Å². The second-order valence-corrected chi connectivity index (χ2v) is 4.56. The average molecular weight is 194 g/mol. The molecule has 1 atom stereocenters. The van der Waals surface area contributed by atoms with E-state index in [0.717, 1.165) is 13.0 Å². The summed E-state index contributed by atoms with van der Waals surface area (Å²) in [6.45, 7) is 5.16. The normalized spacial score (nSPS) is 23.7. The van der Waals surface area contributed by atoms with Gasteiger partial charge in [0, 0.05) is 4.88 Å². The summed E-state index contributed by atoms with van der Waals surface area (Å²) in [6, 6.07) is 4.24. The predicted octanol–water partition coefficient (Wildman–Crippen LogP) is 3.55. The lowest BCUT2D eigenvalue weighted by atomic mass is 10.0. The van der Waals surface area contributed by atoms with E-state index in [4.69, 9.17) is 4.74 Å². The molecule has 13 heavy (non-hydrogen) atoms. The highest BCUT2D eigenvalue weighted by atomic mass is 32.1. The minimum Gasteiger partial charge on any atom is -0.368 e. The molecule has 1 aromatic heterocycles. The van der Waals surface area contributed by atoms with Gasteiger partial charge in [-0.05, 0) is 37.3 Å². The Labute approximate surface area is 83.0 Å². The second kappa shape index (κ2) is 3.64. The molecule has 0 aromatic carbocycles. The molecule has 0 spiro atoms. The van der Waals surface area contributed by atoms with Crippen molar-refractivity contribution < 1.29 is 4.74 Å². The van der Waals surface area contributed by atoms with E-state index in [9.17, 15) is 0 Å². The maximum atomic E-state index is 5.76. The third kappa shape index (κ3) is 1.84. The van der Waals surface area contributed by atoms with E-state index in [0.29, 0.717) is 6.10 Å². The molecule has 0 saturated carbocycles. The van der Waals surface area contributed by atoms with Crippen molar-refractivity contribution in [2.24, 2.45) is 0 Å². The Morgan fingerprint density at radius 2 is 2.23 bits per heavy atom. The molecule has 2 heterocycles. The Morgan fingerprint density at radius 1 is 1.38 bits per heavy atom. The summed E-state index contributed by atoms with van der Waals surface area (Å²) in [7, 11) is 0. The lowest BCUT2D eigenvalue weighted by Crippen LogP contribution is -2.12. The van der Waals surface area contributed by atoms with E-state index < -0.39 is 0 Å². The summed E-state index contributed by atoms with van der Waals surface area (Å²) >= 11 is 1.79. The highest BCUT2D eigenvalue weighted by Gasteiger charge is 2.19. The molecule has 1 aliphatic rings. The molecule has 2 rings (SSSR count). The average Bonchev–Trinajstić information content (AvgIpc) is 2.62. The molecular formula is C11H14OS. The molecule has 0 aliphatic carbocycles. The zero-order chi connectivity index (χ0) is 9.26. The Morgan fingerprint density at radius 3 is 2.85 bits per heavy atom. The van der Waals surface area contributed by atoms with Crippen molar-refractivity contribution in [1.29, 1.82) is 0 Å². The van der Waals surface area contributed by atoms with Crippen molar-refractivity contribution in [2.45, 2.75) is 26.4 Å². The molecule has 70 valence electrons. The van der Waals surface area contributed by atoms with Crippen LogP contribution in [0.5, 0.6) is 0 Å². The number of hydrogen-bond acceptors (Lipinski definition) is 2. The summed E-state index contributed by atoms with van der Waals surface area (Å²) in [6.07, 6.45) is 1.37. The van der Waals surface area contributed by atoms with E-state index >= 15 is 0 Å². The van der Waals surface area contributed by atoms with Gasteiger partial charge in [-0.1, -0.05) is 11.6 Å². The predicted molar refractivity (Wildman–Crippen MR) is 56.0 cm³/mol. The molecule has 1 aromatic rings. The van der Waals surface area contributed by atoms with Crippen molar-refractivity contribution in [2.75, 3.05) is 6.61 Å². The third-order valence-corrected chi connectivity index (χ3v) is 3.55. The molecule has 0 saturated heterocycles. The van der Waals surface area contributed by atoms with E-state index in [-0.39, 0.29) is 0 Å². The standard InChI is InChI=1S/C11H14OS/c1-8-6-10(12-7-9(8)2)11-4-3-5-13-11/h3-5,10H,6-7H2,1-2H3. The maximum absolute atomic E-state index is 5.76. The summed E-state index contributed by atoms with van der Waals surface area (Å²) < 4.78 is 5.76. The molecule has 1 unspecified atom stereocenters. The van der Waals surface area contributed by atoms with Crippen LogP contribution in [0.4, 0.5) is 0 Å². The quantitative estimate of drug-likeness (QED) is 0.621. The first-order valence-corrected chi connectivity index (χ1v) is 5.45. The SMILES string of the molecule is CC1=C(C)CC(c2cccs2)OC1. The van der Waals surface area contributed by atoms with Crippen LogP contribution in [-0.2, 0) is 4.74 Å². The van der Waals surface area contributed by atoms with Crippen LogP contribution in [0.2, 0.25) is 0 Å². The minimum atomic E-state index is 0.309. The summed E-state index contributed by atoms with van der Waals surface area (Å²) in [5.41, 5.74) is 2.89. The fourth-order valence-corrected chi connectivity index (χ4v) is 2.29. The smallest absolute Gasteiger partial charge is 0.0958 e. The van der Waals surface area contributed by atoms with Crippen LogP contribution < -0.4 is 0 Å². The van der Waals surface area contributed by atoms with Gasteiger partial charge in [0.25, 0.3) is 0 Å². The van der Waals surface area contributed by atoms with Gasteiger partial charge in [-0.25, -0.2) is 0 Å². The Kier molecular flexibility index (Phi) is 2.51. The third-order valence-electron chi connectivity index (χ3n) is 2.58. The molecule has 2 heteroatoms. The minimum absolute atomic E-state index is 0.309. The molecule has 0 radical (unpaired) electrons. The van der Waals surface area contributed by atoms with Crippen molar-refractivity contribution in [3.63, 3.8) is 0 Å². The maximum Gasteiger partial charge on any atom is 0.0958 e. The van der Waals surface area contributed by atoms with E-state index in [1.54, 1.807) is 11.3 Å². The van der Waals surface area contributed by atoms with Gasteiger partial charge in [0.05, 0.1) is 12.7 Å². The van der Waals surface area contributed by atoms with Crippen LogP contribution in [0.1, 0.15) is 31.2 Å². The van der Waals surface area contributed by atoms with Crippen LogP contribution in [0.3, 0.4) is 0 Å². The lowest BCUT2D eigenvalue weighted by Gasteiger charge is -2.24. The molecule has 1 nitrogen and oxygen atoms in total. The fourth-order valence-electron chi connectivity index (χ4n) is 1.52. The molecule has 1 aliphatic heterocycles. The first-order chi connectivity index (χ1) is 6.27. The van der Waals surface area contributed by atoms with Crippen LogP contribution >= 0.6 is 11.3 Å². The Balaban J connectivity index is 2.14. The van der Waals surface area contributed by atoms with Gasteiger partial charge in [-0.3, -0.25) is 0 Å². The summed E-state index contributed by atoms with van der Waals surface area (Å²) in [5, 5.41) is 2.11. The van der Waals surface area contributed by atoms with Gasteiger partial charge >= 0.3 is 0 Å². The highest BCUT2D eigenvalue weighted by molar-refractivity contribution is 7.10. The van der Waals surface area contributed by atoms with Crippen molar-refractivity contribution in [3.05, 3.63) is 33.5 Å². The van der Waals surface area contributed by atoms with Gasteiger partial charge < -0.3 is 4.74 Å². The number of rotatable bonds is 1. The van der Waals surface area contributed by atoms with Crippen molar-refractivity contribution >= 4 is 11.3 Å². The largest absolute Gasteiger partial charge is 0.368 e. The van der Waals surface area contributed by atoms with Crippen molar-refractivity contribution in [3.8, 4) is 0 Å². The summed E-state index contributed by atoms with van der Waals surface area (Å²) in [5.74, 6) is 0. The first-order valence-electron chi connectivity index (χ1n) is 4.57. The van der Waals surface area contributed by atoms with E-state index in [1.807, 2.05) is 0 Å². The molecule has 0 N–H and O–H groups in total. The van der Waals surface area contributed by atoms with Gasteiger partial charge in [0.2, 0.25) is 0 Å². The molecule has 0 amide bonds.